The minimum absolute atomic E-state index is 0.196. The molecule has 2 N–H and O–H groups in total. The predicted molar refractivity (Wildman–Crippen MR) is 139 cm³/mol. The smallest absolute Gasteiger partial charge is 0.410 e. The molecule has 0 radical (unpaired) electrons. The molecule has 0 spiro atoms. The van der Waals surface area contributed by atoms with Crippen LogP contribution < -0.4 is 10.9 Å². The number of methoxy groups -OCH3 is 1. The molecule has 8 heteroatoms. The Labute approximate surface area is 212 Å². The number of aryl methyl sites for hydroxylation is 1. The minimum Gasteiger partial charge on any atom is -0.507 e. The van der Waals surface area contributed by atoms with E-state index in [1.807, 2.05) is 19.1 Å². The number of unbranched alkanes of at least 4 members (excludes halogenated alkanes) is 3. The molecule has 0 saturated heterocycles. The lowest BCUT2D eigenvalue weighted by Gasteiger charge is -2.11. The number of carbonyl (C=O) groups is 2. The Bertz CT molecular complexity index is 1130. The zero-order chi connectivity index (χ0) is 26.5. The first-order valence-corrected chi connectivity index (χ1v) is 12.3. The van der Waals surface area contributed by atoms with Crippen LogP contribution in [0.5, 0.6) is 5.75 Å². The molecular formula is C28H36N2O6. The van der Waals surface area contributed by atoms with E-state index in [0.29, 0.717) is 18.4 Å². The van der Waals surface area contributed by atoms with Crippen molar-refractivity contribution in [3.63, 3.8) is 0 Å². The number of rotatable bonds is 13. The summed E-state index contributed by atoms with van der Waals surface area (Å²) >= 11 is 0. The van der Waals surface area contributed by atoms with Crippen molar-refractivity contribution in [1.29, 1.82) is 0 Å². The number of nitrogens with zero attached hydrogens (tertiary/aromatic N) is 1. The van der Waals surface area contributed by atoms with E-state index in [1.165, 1.54) is 38.6 Å². The van der Waals surface area contributed by atoms with Crippen LogP contribution in [0.25, 0.3) is 6.08 Å². The second-order valence-electron chi connectivity index (χ2n) is 8.76. The molecular weight excluding hydrogens is 460 g/mol. The average Bonchev–Trinajstić information content (AvgIpc) is 2.86. The molecule has 194 valence electrons. The molecule has 0 fully saturated rings. The van der Waals surface area contributed by atoms with Gasteiger partial charge in [0.1, 0.15) is 17.1 Å². The number of amides is 1. The maximum Gasteiger partial charge on any atom is 0.410 e. The van der Waals surface area contributed by atoms with E-state index in [1.54, 1.807) is 25.3 Å². The first kappa shape index (κ1) is 28.6. The van der Waals surface area contributed by atoms with Crippen LogP contribution in [0.1, 0.15) is 92.6 Å². The summed E-state index contributed by atoms with van der Waals surface area (Å²) in [6.07, 6.45) is 12.8. The standard InChI is InChI=1S/C28H36N2O6/c1-5-6-7-8-12-22-14-13-21(18-30-22)16-20(3)26(32)25-23(31)17-24(36-27(25)33)19(2)11-9-10-15-29-28(34)35-4/h10,13-19,31H,5-9,11-12H2,1-4H3,(H,29,34)/b15-10+,20-16+. The molecule has 0 saturated carbocycles. The van der Waals surface area contributed by atoms with Gasteiger partial charge in [0, 0.05) is 30.1 Å². The van der Waals surface area contributed by atoms with Crippen molar-refractivity contribution >= 4 is 18.0 Å². The van der Waals surface area contributed by atoms with Gasteiger partial charge in [-0.15, -0.1) is 0 Å². The van der Waals surface area contributed by atoms with Crippen LogP contribution in [0.15, 0.2) is 51.5 Å². The number of hydrogen-bond donors (Lipinski definition) is 2. The van der Waals surface area contributed by atoms with Gasteiger partial charge in [-0.3, -0.25) is 15.1 Å². The number of nitrogens with one attached hydrogen (secondary N) is 1. The molecule has 0 aliphatic carbocycles. The van der Waals surface area contributed by atoms with Gasteiger partial charge in [-0.1, -0.05) is 45.3 Å². The Kier molecular flexibility index (Phi) is 11.6. The number of ketones is 1. The maximum absolute atomic E-state index is 12.9. The molecule has 8 nitrogen and oxygen atoms in total. The minimum atomic E-state index is -0.877. The van der Waals surface area contributed by atoms with Crippen molar-refractivity contribution in [2.75, 3.05) is 7.11 Å². The van der Waals surface area contributed by atoms with Gasteiger partial charge < -0.3 is 14.3 Å². The van der Waals surface area contributed by atoms with Crippen LogP contribution in [0.2, 0.25) is 0 Å². The van der Waals surface area contributed by atoms with Crippen molar-refractivity contribution < 1.29 is 23.8 Å². The highest BCUT2D eigenvalue weighted by Crippen LogP contribution is 2.26. The lowest BCUT2D eigenvalue weighted by atomic mass is 9.99. The fourth-order valence-corrected chi connectivity index (χ4v) is 3.62. The first-order valence-electron chi connectivity index (χ1n) is 12.3. The zero-order valence-electron chi connectivity index (χ0n) is 21.5. The van der Waals surface area contributed by atoms with Crippen LogP contribution in [0.4, 0.5) is 4.79 Å². The van der Waals surface area contributed by atoms with E-state index in [9.17, 15) is 19.5 Å². The Balaban J connectivity index is 2.04. The third-order valence-electron chi connectivity index (χ3n) is 5.81. The lowest BCUT2D eigenvalue weighted by Crippen LogP contribution is -2.17. The Morgan fingerprint density at radius 1 is 1.25 bits per heavy atom. The Hall–Kier alpha value is -3.68. The van der Waals surface area contributed by atoms with Crippen molar-refractivity contribution in [3.05, 3.63) is 75.2 Å². The summed E-state index contributed by atoms with van der Waals surface area (Å²) in [5, 5.41) is 12.9. The third kappa shape index (κ3) is 8.83. The highest BCUT2D eigenvalue weighted by Gasteiger charge is 2.22. The summed E-state index contributed by atoms with van der Waals surface area (Å²) in [4.78, 5) is 41.0. The molecule has 1 atom stereocenters. The van der Waals surface area contributed by atoms with Gasteiger partial charge >= 0.3 is 11.7 Å². The fourth-order valence-electron chi connectivity index (χ4n) is 3.62. The first-order chi connectivity index (χ1) is 17.3. The lowest BCUT2D eigenvalue weighted by molar-refractivity contribution is 0.102. The van der Waals surface area contributed by atoms with E-state index in [-0.39, 0.29) is 17.2 Å². The van der Waals surface area contributed by atoms with Crippen molar-refractivity contribution in [1.82, 2.24) is 10.3 Å². The summed E-state index contributed by atoms with van der Waals surface area (Å²) in [5.41, 5.74) is 0.770. The van der Waals surface area contributed by atoms with Crippen LogP contribution >= 0.6 is 0 Å². The van der Waals surface area contributed by atoms with Crippen LogP contribution in [-0.2, 0) is 11.2 Å². The van der Waals surface area contributed by atoms with Crippen LogP contribution in [-0.4, -0.2) is 29.1 Å². The van der Waals surface area contributed by atoms with Gasteiger partial charge in [0.25, 0.3) is 0 Å². The number of pyridine rings is 1. The Morgan fingerprint density at radius 3 is 2.67 bits per heavy atom. The van der Waals surface area contributed by atoms with E-state index >= 15 is 0 Å². The summed E-state index contributed by atoms with van der Waals surface area (Å²) in [6, 6.07) is 5.15. The molecule has 2 rings (SSSR count). The van der Waals surface area contributed by atoms with Crippen molar-refractivity contribution in [2.45, 2.75) is 71.6 Å². The topological polar surface area (TPSA) is 119 Å². The average molecular weight is 497 g/mol. The SMILES string of the molecule is CCCCCCc1ccc(/C=C(\C)C(=O)c2c(O)cc(C(C)CC/C=C/NC(=O)OC)oc2=O)cn1. The summed E-state index contributed by atoms with van der Waals surface area (Å²) in [6.45, 7) is 5.61. The van der Waals surface area contributed by atoms with Gasteiger partial charge in [0.05, 0.1) is 7.11 Å². The third-order valence-corrected chi connectivity index (χ3v) is 5.81. The van der Waals surface area contributed by atoms with Gasteiger partial charge in [-0.25, -0.2) is 9.59 Å². The van der Waals surface area contributed by atoms with Crippen LogP contribution in [0, 0.1) is 0 Å². The van der Waals surface area contributed by atoms with Gasteiger partial charge in [0.15, 0.2) is 5.78 Å². The monoisotopic (exact) mass is 496 g/mol. The predicted octanol–water partition coefficient (Wildman–Crippen LogP) is 5.90. The summed E-state index contributed by atoms with van der Waals surface area (Å²) < 4.78 is 9.83. The molecule has 36 heavy (non-hydrogen) atoms. The second kappa shape index (κ2) is 14.7. The quantitative estimate of drug-likeness (QED) is 0.201. The zero-order valence-corrected chi connectivity index (χ0v) is 21.5. The molecule has 0 aliphatic rings. The molecule has 0 aromatic carbocycles. The highest BCUT2D eigenvalue weighted by atomic mass is 16.5. The van der Waals surface area contributed by atoms with Gasteiger partial charge in [-0.2, -0.15) is 0 Å². The van der Waals surface area contributed by atoms with E-state index in [2.05, 4.69) is 22.0 Å². The largest absolute Gasteiger partial charge is 0.507 e. The fraction of sp³-hybridized carbons (Fsp3) is 0.429. The molecule has 1 unspecified atom stereocenters. The number of aromatic nitrogens is 1. The van der Waals surface area contributed by atoms with E-state index in [4.69, 9.17) is 4.42 Å². The molecule has 2 aromatic heterocycles. The summed E-state index contributed by atoms with van der Waals surface area (Å²) in [7, 11) is 1.27. The number of hydrogen-bond acceptors (Lipinski definition) is 7. The number of alkyl carbamates (subject to hydrolysis) is 1. The molecule has 2 heterocycles. The highest BCUT2D eigenvalue weighted by molar-refractivity contribution is 6.12. The molecule has 0 bridgehead atoms. The maximum atomic E-state index is 12.9. The Morgan fingerprint density at radius 2 is 2.03 bits per heavy atom. The van der Waals surface area contributed by atoms with E-state index in [0.717, 1.165) is 24.1 Å². The molecule has 2 aromatic rings. The van der Waals surface area contributed by atoms with E-state index < -0.39 is 23.3 Å². The van der Waals surface area contributed by atoms with Gasteiger partial charge in [-0.05, 0) is 55.9 Å². The number of carbonyl (C=O) groups excluding carboxylic acids is 2. The number of Topliss-reactive ketones (excluding diaryl/α,β-unsaturated/α-hetero) is 1. The number of allylic oxidation sites excluding steroid dienone is 2. The van der Waals surface area contributed by atoms with Crippen molar-refractivity contribution in [3.8, 4) is 5.75 Å². The van der Waals surface area contributed by atoms with Gasteiger partial charge in [0.2, 0.25) is 0 Å². The van der Waals surface area contributed by atoms with Crippen molar-refractivity contribution in [2.24, 2.45) is 0 Å². The van der Waals surface area contributed by atoms with Crippen LogP contribution in [0.3, 0.4) is 0 Å². The number of aromatic hydroxyl groups is 1. The summed E-state index contributed by atoms with van der Waals surface area (Å²) in [5.74, 6) is -0.919. The molecule has 0 aliphatic heterocycles. The normalized spacial score (nSPS) is 12.5. The second-order valence-corrected chi connectivity index (χ2v) is 8.76. The number of ether oxygens (including phenoxy) is 1. The molecule has 1 amide bonds.